The molecular formula is C18H20ClNO4. The highest BCUT2D eigenvalue weighted by Gasteiger charge is 2.14. The van der Waals surface area contributed by atoms with Gasteiger partial charge in [-0.1, -0.05) is 29.3 Å². The number of aliphatic hydroxyl groups excluding tert-OH is 1. The van der Waals surface area contributed by atoms with Gasteiger partial charge in [-0.3, -0.25) is 4.79 Å². The van der Waals surface area contributed by atoms with Crippen LogP contribution >= 0.6 is 11.6 Å². The van der Waals surface area contributed by atoms with E-state index in [0.717, 1.165) is 5.56 Å². The fraction of sp³-hybridized carbons (Fsp3) is 0.278. The predicted octanol–water partition coefficient (Wildman–Crippen LogP) is 3.56. The number of aliphatic hydroxyl groups is 1. The predicted molar refractivity (Wildman–Crippen MR) is 93.8 cm³/mol. The lowest BCUT2D eigenvalue weighted by Crippen LogP contribution is -2.20. The summed E-state index contributed by atoms with van der Waals surface area (Å²) in [7, 11) is 0. The zero-order valence-corrected chi connectivity index (χ0v) is 14.4. The van der Waals surface area contributed by atoms with Crippen LogP contribution in [0.25, 0.3) is 0 Å². The molecular weight excluding hydrogens is 330 g/mol. The van der Waals surface area contributed by atoms with E-state index in [4.69, 9.17) is 21.1 Å². The van der Waals surface area contributed by atoms with Crippen molar-refractivity contribution in [1.82, 2.24) is 0 Å². The maximum Gasteiger partial charge on any atom is 0.262 e. The third-order valence-corrected chi connectivity index (χ3v) is 3.52. The molecule has 2 aromatic rings. The molecule has 0 heterocycles. The molecule has 0 atom stereocenters. The van der Waals surface area contributed by atoms with Crippen molar-refractivity contribution in [3.05, 3.63) is 52.5 Å². The van der Waals surface area contributed by atoms with Gasteiger partial charge in [0.05, 0.1) is 18.2 Å². The minimum Gasteiger partial charge on any atom is -0.490 e. The molecule has 0 aliphatic rings. The molecule has 0 bridgehead atoms. The number of hydrogen-bond donors (Lipinski definition) is 2. The van der Waals surface area contributed by atoms with Crippen LogP contribution in [-0.4, -0.2) is 24.2 Å². The fourth-order valence-electron chi connectivity index (χ4n) is 2.09. The van der Waals surface area contributed by atoms with E-state index in [1.165, 1.54) is 0 Å². The summed E-state index contributed by atoms with van der Waals surface area (Å²) in [5.74, 6) is 0.385. The minimum absolute atomic E-state index is 0.159. The van der Waals surface area contributed by atoms with Crippen LogP contribution in [0.4, 0.5) is 5.69 Å². The number of carbonyl (C=O) groups excluding carboxylic acids is 1. The molecule has 0 spiro atoms. The highest BCUT2D eigenvalue weighted by atomic mass is 35.5. The van der Waals surface area contributed by atoms with Gasteiger partial charge in [-0.15, -0.1) is 0 Å². The van der Waals surface area contributed by atoms with Gasteiger partial charge in [0, 0.05) is 5.69 Å². The molecule has 0 aromatic heterocycles. The third-order valence-electron chi connectivity index (χ3n) is 3.23. The van der Waals surface area contributed by atoms with Crippen LogP contribution in [0.2, 0.25) is 5.02 Å². The van der Waals surface area contributed by atoms with Gasteiger partial charge in [0.2, 0.25) is 0 Å². The molecule has 6 heteroatoms. The van der Waals surface area contributed by atoms with Crippen molar-refractivity contribution >= 4 is 23.2 Å². The van der Waals surface area contributed by atoms with Crippen molar-refractivity contribution in [2.75, 3.05) is 18.5 Å². The fourth-order valence-corrected chi connectivity index (χ4v) is 2.38. The molecule has 2 rings (SSSR count). The van der Waals surface area contributed by atoms with Crippen LogP contribution in [0.5, 0.6) is 11.5 Å². The van der Waals surface area contributed by atoms with E-state index in [0.29, 0.717) is 23.6 Å². The molecule has 2 N–H and O–H groups in total. The number of anilines is 1. The molecule has 0 fully saturated rings. The van der Waals surface area contributed by atoms with Crippen LogP contribution in [0.1, 0.15) is 18.1 Å². The Bertz CT molecular complexity index is 701. The summed E-state index contributed by atoms with van der Waals surface area (Å²) < 4.78 is 11.0. The van der Waals surface area contributed by atoms with E-state index >= 15 is 0 Å². The molecule has 5 nitrogen and oxygen atoms in total. The maximum absolute atomic E-state index is 12.0. The quantitative estimate of drug-likeness (QED) is 0.802. The molecule has 0 aliphatic heterocycles. The van der Waals surface area contributed by atoms with E-state index < -0.39 is 0 Å². The van der Waals surface area contributed by atoms with Crippen molar-refractivity contribution in [3.8, 4) is 11.5 Å². The molecule has 2 aromatic carbocycles. The van der Waals surface area contributed by atoms with Gasteiger partial charge in [-0.05, 0) is 43.7 Å². The number of ether oxygens (including phenoxy) is 2. The Morgan fingerprint density at radius 3 is 2.54 bits per heavy atom. The number of carbonyl (C=O) groups is 1. The van der Waals surface area contributed by atoms with Crippen LogP contribution in [0, 0.1) is 6.92 Å². The number of amides is 1. The monoisotopic (exact) mass is 349 g/mol. The van der Waals surface area contributed by atoms with E-state index in [1.807, 2.05) is 38.1 Å². The first kappa shape index (κ1) is 18.1. The molecule has 128 valence electrons. The topological polar surface area (TPSA) is 67.8 Å². The Morgan fingerprint density at radius 2 is 1.92 bits per heavy atom. The number of halogens is 1. The van der Waals surface area contributed by atoms with E-state index in [-0.39, 0.29) is 29.9 Å². The second-order valence-electron chi connectivity index (χ2n) is 5.20. The standard InChI is InChI=1S/C18H20ClNO4/c1-3-23-16-9-13(10-21)8-15(19)18(16)24-11-17(22)20-14-6-4-12(2)5-7-14/h4-9,21H,3,10-11H2,1-2H3,(H,20,22). The largest absolute Gasteiger partial charge is 0.490 e. The van der Waals surface area contributed by atoms with E-state index in [2.05, 4.69) is 5.32 Å². The number of nitrogens with one attached hydrogen (secondary N) is 1. The van der Waals surface area contributed by atoms with E-state index in [1.54, 1.807) is 12.1 Å². The summed E-state index contributed by atoms with van der Waals surface area (Å²) in [6.07, 6.45) is 0. The third kappa shape index (κ3) is 4.88. The second kappa shape index (κ2) is 8.57. The number of aryl methyl sites for hydroxylation is 1. The number of benzene rings is 2. The maximum atomic E-state index is 12.0. The van der Waals surface area contributed by atoms with Gasteiger partial charge < -0.3 is 19.9 Å². The zero-order chi connectivity index (χ0) is 17.5. The molecule has 0 unspecified atom stereocenters. The lowest BCUT2D eigenvalue weighted by atomic mass is 10.2. The molecule has 0 aliphatic carbocycles. The van der Waals surface area contributed by atoms with Gasteiger partial charge in [0.15, 0.2) is 18.1 Å². The van der Waals surface area contributed by atoms with Gasteiger partial charge in [-0.25, -0.2) is 0 Å². The Morgan fingerprint density at radius 1 is 1.21 bits per heavy atom. The van der Waals surface area contributed by atoms with Crippen LogP contribution in [0.15, 0.2) is 36.4 Å². The van der Waals surface area contributed by atoms with Gasteiger partial charge >= 0.3 is 0 Å². The number of hydrogen-bond acceptors (Lipinski definition) is 4. The Kier molecular flexibility index (Phi) is 6.46. The minimum atomic E-state index is -0.302. The first-order valence-corrected chi connectivity index (χ1v) is 7.96. The molecule has 1 amide bonds. The van der Waals surface area contributed by atoms with Gasteiger partial charge in [0.1, 0.15) is 0 Å². The molecule has 0 saturated carbocycles. The van der Waals surface area contributed by atoms with Gasteiger partial charge in [-0.2, -0.15) is 0 Å². The Hall–Kier alpha value is -2.24. The zero-order valence-electron chi connectivity index (χ0n) is 13.6. The Balaban J connectivity index is 2.04. The average molecular weight is 350 g/mol. The highest BCUT2D eigenvalue weighted by molar-refractivity contribution is 6.32. The first-order valence-electron chi connectivity index (χ1n) is 7.59. The van der Waals surface area contributed by atoms with Crippen LogP contribution < -0.4 is 14.8 Å². The summed E-state index contributed by atoms with van der Waals surface area (Å²) in [6, 6.07) is 10.7. The average Bonchev–Trinajstić information content (AvgIpc) is 2.56. The lowest BCUT2D eigenvalue weighted by molar-refractivity contribution is -0.118. The second-order valence-corrected chi connectivity index (χ2v) is 5.61. The summed E-state index contributed by atoms with van der Waals surface area (Å²) in [6.45, 7) is 3.85. The summed E-state index contributed by atoms with van der Waals surface area (Å²) in [5, 5.41) is 12.3. The van der Waals surface area contributed by atoms with Crippen molar-refractivity contribution in [1.29, 1.82) is 0 Å². The molecule has 24 heavy (non-hydrogen) atoms. The summed E-state index contributed by atoms with van der Waals surface area (Å²) in [5.41, 5.74) is 2.42. The van der Waals surface area contributed by atoms with Crippen molar-refractivity contribution in [3.63, 3.8) is 0 Å². The first-order chi connectivity index (χ1) is 11.5. The smallest absolute Gasteiger partial charge is 0.262 e. The Labute approximate surface area is 146 Å². The van der Waals surface area contributed by atoms with Crippen LogP contribution in [0.3, 0.4) is 0 Å². The van der Waals surface area contributed by atoms with Crippen molar-refractivity contribution in [2.24, 2.45) is 0 Å². The summed E-state index contributed by atoms with van der Waals surface area (Å²) in [4.78, 5) is 12.0. The van der Waals surface area contributed by atoms with Crippen molar-refractivity contribution in [2.45, 2.75) is 20.5 Å². The highest BCUT2D eigenvalue weighted by Crippen LogP contribution is 2.36. The SMILES string of the molecule is CCOc1cc(CO)cc(Cl)c1OCC(=O)Nc1ccc(C)cc1. The molecule has 0 radical (unpaired) electrons. The van der Waals surface area contributed by atoms with E-state index in [9.17, 15) is 9.90 Å². The normalized spacial score (nSPS) is 10.3. The molecule has 0 saturated heterocycles. The number of rotatable bonds is 7. The summed E-state index contributed by atoms with van der Waals surface area (Å²) >= 11 is 6.16. The van der Waals surface area contributed by atoms with Crippen LogP contribution in [-0.2, 0) is 11.4 Å². The van der Waals surface area contributed by atoms with Gasteiger partial charge in [0.25, 0.3) is 5.91 Å². The van der Waals surface area contributed by atoms with Crippen molar-refractivity contribution < 1.29 is 19.4 Å². The lowest BCUT2D eigenvalue weighted by Gasteiger charge is -2.14.